The van der Waals surface area contributed by atoms with Crippen molar-refractivity contribution in [1.82, 2.24) is 0 Å². The molecule has 0 aromatic rings. The van der Waals surface area contributed by atoms with Crippen molar-refractivity contribution >= 4 is 6.16 Å². The van der Waals surface area contributed by atoms with E-state index < -0.39 is 6.16 Å². The van der Waals surface area contributed by atoms with E-state index >= 15 is 0 Å². The maximum absolute atomic E-state index is 10.0. The SMILES string of the molecule is O=C(O)OCCOCCOCCOCCOCCOCCO. The summed E-state index contributed by atoms with van der Waals surface area (Å²) in [5, 5.41) is 16.7. The van der Waals surface area contributed by atoms with Gasteiger partial charge in [0.25, 0.3) is 0 Å². The molecule has 0 fully saturated rings. The van der Waals surface area contributed by atoms with Gasteiger partial charge in [-0.3, -0.25) is 0 Å². The molecule has 0 aliphatic heterocycles. The normalized spacial score (nSPS) is 10.8. The van der Waals surface area contributed by atoms with Crippen molar-refractivity contribution in [2.24, 2.45) is 0 Å². The lowest BCUT2D eigenvalue weighted by Gasteiger charge is -2.07. The van der Waals surface area contributed by atoms with Gasteiger partial charge in [-0.1, -0.05) is 0 Å². The fourth-order valence-corrected chi connectivity index (χ4v) is 1.23. The molecular weight excluding hydrogens is 300 g/mol. The summed E-state index contributed by atoms with van der Waals surface area (Å²) in [6.45, 7) is 4.18. The first-order valence-corrected chi connectivity index (χ1v) is 7.12. The van der Waals surface area contributed by atoms with Crippen molar-refractivity contribution in [3.05, 3.63) is 0 Å². The highest BCUT2D eigenvalue weighted by molar-refractivity contribution is 5.56. The highest BCUT2D eigenvalue weighted by atomic mass is 16.7. The first-order valence-electron chi connectivity index (χ1n) is 7.12. The van der Waals surface area contributed by atoms with Crippen molar-refractivity contribution in [1.29, 1.82) is 0 Å². The Hall–Kier alpha value is -0.970. The zero-order valence-corrected chi connectivity index (χ0v) is 12.7. The molecule has 0 aliphatic rings. The second-order valence-electron chi connectivity index (χ2n) is 3.90. The summed E-state index contributed by atoms with van der Waals surface area (Å²) in [4.78, 5) is 10.0. The quantitative estimate of drug-likeness (QED) is 0.276. The van der Waals surface area contributed by atoms with E-state index in [9.17, 15) is 4.79 Å². The van der Waals surface area contributed by atoms with Gasteiger partial charge in [-0.2, -0.15) is 0 Å². The number of ether oxygens (including phenoxy) is 6. The van der Waals surface area contributed by atoms with Gasteiger partial charge in [0.15, 0.2) is 0 Å². The topological polar surface area (TPSA) is 113 Å². The molecule has 0 heterocycles. The number of aliphatic hydroxyl groups is 1. The molecule has 0 atom stereocenters. The van der Waals surface area contributed by atoms with E-state index in [-0.39, 0.29) is 19.8 Å². The lowest BCUT2D eigenvalue weighted by atomic mass is 10.7. The van der Waals surface area contributed by atoms with Gasteiger partial charge in [-0.05, 0) is 0 Å². The maximum Gasteiger partial charge on any atom is 0.505 e. The molecule has 0 aliphatic carbocycles. The molecular formula is C13H26O9. The van der Waals surface area contributed by atoms with Gasteiger partial charge in [0.05, 0.1) is 72.7 Å². The minimum atomic E-state index is -1.31. The first-order chi connectivity index (χ1) is 10.8. The number of carboxylic acid groups (broad SMARTS) is 1. The Labute approximate surface area is 130 Å². The van der Waals surface area contributed by atoms with E-state index in [4.69, 9.17) is 33.9 Å². The fourth-order valence-electron chi connectivity index (χ4n) is 1.23. The number of aliphatic hydroxyl groups excluding tert-OH is 1. The van der Waals surface area contributed by atoms with Crippen LogP contribution in [0.2, 0.25) is 0 Å². The number of rotatable bonds is 17. The van der Waals surface area contributed by atoms with Crippen LogP contribution in [0.4, 0.5) is 4.79 Å². The largest absolute Gasteiger partial charge is 0.505 e. The number of carbonyl (C=O) groups is 1. The molecule has 0 unspecified atom stereocenters. The lowest BCUT2D eigenvalue weighted by molar-refractivity contribution is -0.0167. The van der Waals surface area contributed by atoms with Gasteiger partial charge in [0.2, 0.25) is 0 Å². The standard InChI is InChI=1S/C13H26O9/c14-1-2-17-3-4-18-5-6-19-7-8-20-9-10-21-11-12-22-13(15)16/h14H,1-12H2,(H,15,16). The van der Waals surface area contributed by atoms with Crippen LogP contribution in [0, 0.1) is 0 Å². The van der Waals surface area contributed by atoms with Gasteiger partial charge in [-0.15, -0.1) is 0 Å². The summed E-state index contributed by atoms with van der Waals surface area (Å²) >= 11 is 0. The molecule has 0 rings (SSSR count). The van der Waals surface area contributed by atoms with Crippen LogP contribution in [0.5, 0.6) is 0 Å². The Morgan fingerprint density at radius 2 is 0.909 bits per heavy atom. The predicted molar refractivity (Wildman–Crippen MR) is 75.2 cm³/mol. The van der Waals surface area contributed by atoms with Crippen LogP contribution in [-0.2, 0) is 28.4 Å². The Morgan fingerprint density at radius 1 is 0.591 bits per heavy atom. The molecule has 0 saturated heterocycles. The maximum atomic E-state index is 10.0. The monoisotopic (exact) mass is 326 g/mol. The van der Waals surface area contributed by atoms with E-state index in [1.807, 2.05) is 0 Å². The molecule has 132 valence electrons. The van der Waals surface area contributed by atoms with E-state index in [0.717, 1.165) is 0 Å². The third kappa shape index (κ3) is 19.0. The van der Waals surface area contributed by atoms with Crippen LogP contribution < -0.4 is 0 Å². The van der Waals surface area contributed by atoms with Crippen molar-refractivity contribution in [3.8, 4) is 0 Å². The zero-order valence-electron chi connectivity index (χ0n) is 12.7. The molecule has 22 heavy (non-hydrogen) atoms. The highest BCUT2D eigenvalue weighted by Crippen LogP contribution is 1.84. The van der Waals surface area contributed by atoms with Crippen LogP contribution in [-0.4, -0.2) is 95.7 Å². The van der Waals surface area contributed by atoms with Crippen molar-refractivity contribution in [2.75, 3.05) is 79.3 Å². The molecule has 0 amide bonds. The van der Waals surface area contributed by atoms with Crippen LogP contribution in [0.15, 0.2) is 0 Å². The smallest absolute Gasteiger partial charge is 0.450 e. The van der Waals surface area contributed by atoms with E-state index in [0.29, 0.717) is 59.5 Å². The van der Waals surface area contributed by atoms with Crippen LogP contribution in [0.25, 0.3) is 0 Å². The molecule has 0 radical (unpaired) electrons. The third-order valence-corrected chi connectivity index (χ3v) is 2.18. The number of hydrogen-bond donors (Lipinski definition) is 2. The summed E-state index contributed by atoms with van der Waals surface area (Å²) in [5.74, 6) is 0. The number of hydrogen-bond acceptors (Lipinski definition) is 8. The van der Waals surface area contributed by atoms with Gasteiger partial charge in [0, 0.05) is 0 Å². The fraction of sp³-hybridized carbons (Fsp3) is 0.923. The van der Waals surface area contributed by atoms with Crippen molar-refractivity contribution in [2.45, 2.75) is 0 Å². The summed E-state index contributed by atoms with van der Waals surface area (Å²) in [6, 6.07) is 0. The molecule has 9 nitrogen and oxygen atoms in total. The van der Waals surface area contributed by atoms with Crippen LogP contribution >= 0.6 is 0 Å². The van der Waals surface area contributed by atoms with Gasteiger partial charge >= 0.3 is 6.16 Å². The predicted octanol–water partition coefficient (Wildman–Crippen LogP) is -0.244. The summed E-state index contributed by atoms with van der Waals surface area (Å²) in [5.41, 5.74) is 0. The molecule has 0 spiro atoms. The van der Waals surface area contributed by atoms with Gasteiger partial charge in [0.1, 0.15) is 6.61 Å². The average molecular weight is 326 g/mol. The molecule has 9 heteroatoms. The van der Waals surface area contributed by atoms with Crippen LogP contribution in [0.1, 0.15) is 0 Å². The Balaban J connectivity index is 2.95. The third-order valence-electron chi connectivity index (χ3n) is 2.18. The van der Waals surface area contributed by atoms with Gasteiger partial charge < -0.3 is 38.6 Å². The Bertz CT molecular complexity index is 238. The van der Waals surface area contributed by atoms with E-state index in [2.05, 4.69) is 4.74 Å². The summed E-state index contributed by atoms with van der Waals surface area (Å²) in [7, 11) is 0. The average Bonchev–Trinajstić information content (AvgIpc) is 2.50. The second-order valence-corrected chi connectivity index (χ2v) is 3.90. The molecule has 2 N–H and O–H groups in total. The van der Waals surface area contributed by atoms with Crippen molar-refractivity contribution < 1.29 is 43.4 Å². The molecule has 0 saturated carbocycles. The minimum Gasteiger partial charge on any atom is -0.450 e. The van der Waals surface area contributed by atoms with E-state index in [1.165, 1.54) is 0 Å². The Kier molecular flexibility index (Phi) is 17.3. The van der Waals surface area contributed by atoms with Crippen molar-refractivity contribution in [3.63, 3.8) is 0 Å². The zero-order chi connectivity index (χ0) is 16.3. The Morgan fingerprint density at radius 3 is 1.23 bits per heavy atom. The summed E-state index contributed by atoms with van der Waals surface area (Å²) in [6.07, 6.45) is -1.31. The summed E-state index contributed by atoms with van der Waals surface area (Å²) < 4.78 is 30.1. The van der Waals surface area contributed by atoms with Crippen LogP contribution in [0.3, 0.4) is 0 Å². The molecule has 0 aromatic heterocycles. The molecule has 0 aromatic carbocycles. The lowest BCUT2D eigenvalue weighted by Crippen LogP contribution is -2.14. The molecule has 0 bridgehead atoms. The first kappa shape index (κ1) is 21.0. The second kappa shape index (κ2) is 18.1. The highest BCUT2D eigenvalue weighted by Gasteiger charge is 1.96. The minimum absolute atomic E-state index is 0.0173. The van der Waals surface area contributed by atoms with Gasteiger partial charge in [-0.25, -0.2) is 4.79 Å². The van der Waals surface area contributed by atoms with E-state index in [1.54, 1.807) is 0 Å².